The molecule has 1 aliphatic carbocycles. The van der Waals surface area contributed by atoms with Gasteiger partial charge in [0.15, 0.2) is 5.78 Å². The van der Waals surface area contributed by atoms with Crippen molar-refractivity contribution in [2.24, 2.45) is 15.9 Å². The minimum absolute atomic E-state index is 0.126. The molecule has 2 spiro atoms. The third-order valence-electron chi connectivity index (χ3n) is 8.49. The molecule has 4 aliphatic rings. The van der Waals surface area contributed by atoms with E-state index in [0.29, 0.717) is 24.2 Å². The molecule has 198 valence electrons. The number of nitrogens with zero attached hydrogens (tertiary/aromatic N) is 2. The van der Waals surface area contributed by atoms with Crippen LogP contribution in [0.25, 0.3) is 0 Å². The van der Waals surface area contributed by atoms with Crippen molar-refractivity contribution in [3.05, 3.63) is 65.2 Å². The van der Waals surface area contributed by atoms with E-state index in [1.165, 1.54) is 0 Å². The van der Waals surface area contributed by atoms with Crippen LogP contribution in [0.3, 0.4) is 0 Å². The number of fused-ring (bicyclic) bond motifs is 4. The SMILES string of the molecule is COc1ccc([C@@H]2[C@@H](C(=O)C(C)(C)C)N3N=Cc4ccccc4C3C23C(=O)OC2(CCCC2)OC3=O)cc1. The maximum absolute atomic E-state index is 14.4. The standard InChI is InChI=1S/C30H32N2O6/c1-28(2,3)25(33)23-22(18-11-13-20(36-4)14-12-18)30(24-21-10-6-5-9-19(21)17-31-32(23)24)26(34)37-29(38-27(30)35)15-7-8-16-29/h5-6,9-14,17,22-24H,7-8,15-16H2,1-4H3/t22-,23+,24?/m1/s1. The van der Waals surface area contributed by atoms with Crippen LogP contribution < -0.4 is 4.74 Å². The van der Waals surface area contributed by atoms with Crippen molar-refractivity contribution in [3.63, 3.8) is 0 Å². The number of ether oxygens (including phenoxy) is 3. The molecule has 0 N–H and O–H groups in total. The van der Waals surface area contributed by atoms with Crippen molar-refractivity contribution in [1.29, 1.82) is 0 Å². The lowest BCUT2D eigenvalue weighted by molar-refractivity contribution is -0.263. The summed E-state index contributed by atoms with van der Waals surface area (Å²) in [6, 6.07) is 12.9. The molecule has 0 amide bonds. The summed E-state index contributed by atoms with van der Waals surface area (Å²) >= 11 is 0. The van der Waals surface area contributed by atoms with E-state index >= 15 is 0 Å². The molecule has 2 aromatic carbocycles. The van der Waals surface area contributed by atoms with E-state index in [1.807, 2.05) is 57.2 Å². The number of Topliss-reactive ketones (excluding diaryl/α,β-unsaturated/α-hetero) is 1. The fourth-order valence-electron chi connectivity index (χ4n) is 6.65. The van der Waals surface area contributed by atoms with Gasteiger partial charge < -0.3 is 14.2 Å². The zero-order valence-electron chi connectivity index (χ0n) is 22.1. The highest BCUT2D eigenvalue weighted by Gasteiger charge is 2.76. The third kappa shape index (κ3) is 3.35. The Kier molecular flexibility index (Phi) is 5.46. The van der Waals surface area contributed by atoms with Crippen LogP contribution in [0.5, 0.6) is 5.75 Å². The Bertz CT molecular complexity index is 1320. The van der Waals surface area contributed by atoms with Gasteiger partial charge in [0.05, 0.1) is 13.3 Å². The van der Waals surface area contributed by atoms with Crippen molar-refractivity contribution in [1.82, 2.24) is 5.01 Å². The topological polar surface area (TPSA) is 94.5 Å². The van der Waals surface area contributed by atoms with Crippen LogP contribution in [0.1, 0.15) is 75.1 Å². The number of hydrogen-bond acceptors (Lipinski definition) is 8. The number of carbonyl (C=O) groups excluding carboxylic acids is 3. The van der Waals surface area contributed by atoms with Crippen LogP contribution in [-0.2, 0) is 23.9 Å². The van der Waals surface area contributed by atoms with Crippen molar-refractivity contribution in [3.8, 4) is 5.75 Å². The van der Waals surface area contributed by atoms with Gasteiger partial charge in [0.1, 0.15) is 17.8 Å². The van der Waals surface area contributed by atoms with Crippen LogP contribution in [0, 0.1) is 10.8 Å². The van der Waals surface area contributed by atoms with Crippen molar-refractivity contribution in [2.75, 3.05) is 7.11 Å². The Morgan fingerprint density at radius 3 is 2.24 bits per heavy atom. The maximum Gasteiger partial charge on any atom is 0.330 e. The first-order chi connectivity index (χ1) is 18.1. The van der Waals surface area contributed by atoms with Crippen LogP contribution >= 0.6 is 0 Å². The number of esters is 2. The highest BCUT2D eigenvalue weighted by atomic mass is 16.7. The summed E-state index contributed by atoms with van der Waals surface area (Å²) in [7, 11) is 1.57. The summed E-state index contributed by atoms with van der Waals surface area (Å²) < 4.78 is 17.6. The van der Waals surface area contributed by atoms with Crippen LogP contribution in [0.4, 0.5) is 0 Å². The third-order valence-corrected chi connectivity index (χ3v) is 8.49. The van der Waals surface area contributed by atoms with Gasteiger partial charge in [-0.25, -0.2) is 0 Å². The molecular formula is C30H32N2O6. The average molecular weight is 517 g/mol. The van der Waals surface area contributed by atoms with Crippen molar-refractivity contribution < 1.29 is 28.6 Å². The molecule has 6 rings (SSSR count). The number of methoxy groups -OCH3 is 1. The summed E-state index contributed by atoms with van der Waals surface area (Å²) in [6.45, 7) is 5.52. The Morgan fingerprint density at radius 2 is 1.63 bits per heavy atom. The molecule has 0 bridgehead atoms. The minimum Gasteiger partial charge on any atom is -0.497 e. The largest absolute Gasteiger partial charge is 0.497 e. The fraction of sp³-hybridized carbons (Fsp3) is 0.467. The van der Waals surface area contributed by atoms with Gasteiger partial charge in [0.25, 0.3) is 5.79 Å². The molecule has 3 heterocycles. The van der Waals surface area contributed by atoms with E-state index in [2.05, 4.69) is 0 Å². The van der Waals surface area contributed by atoms with Gasteiger partial charge in [0, 0.05) is 24.2 Å². The van der Waals surface area contributed by atoms with E-state index in [-0.39, 0.29) is 5.78 Å². The van der Waals surface area contributed by atoms with E-state index in [1.54, 1.807) is 30.5 Å². The number of rotatable bonds is 3. The average Bonchev–Trinajstić information content (AvgIpc) is 3.47. The summed E-state index contributed by atoms with van der Waals surface area (Å²) in [5.41, 5.74) is -0.435. The molecule has 8 heteroatoms. The number of hydrogen-bond donors (Lipinski definition) is 0. The minimum atomic E-state index is -1.83. The summed E-state index contributed by atoms with van der Waals surface area (Å²) in [6.07, 6.45) is 4.26. The Hall–Kier alpha value is -3.68. The number of benzene rings is 2. The van der Waals surface area contributed by atoms with Crippen LogP contribution in [0.15, 0.2) is 53.6 Å². The second-order valence-electron chi connectivity index (χ2n) is 11.7. The normalized spacial score (nSPS) is 26.6. The van der Waals surface area contributed by atoms with Crippen LogP contribution in [0.2, 0.25) is 0 Å². The van der Waals surface area contributed by atoms with E-state index < -0.39 is 46.6 Å². The lowest BCUT2D eigenvalue weighted by atomic mass is 9.64. The lowest BCUT2D eigenvalue weighted by Crippen LogP contribution is -2.59. The highest BCUT2D eigenvalue weighted by Crippen LogP contribution is 2.64. The molecule has 3 fully saturated rings. The van der Waals surface area contributed by atoms with Gasteiger partial charge in [-0.1, -0.05) is 57.2 Å². The predicted molar refractivity (Wildman–Crippen MR) is 138 cm³/mol. The van der Waals surface area contributed by atoms with E-state index in [9.17, 15) is 14.4 Å². The Balaban J connectivity index is 1.62. The molecule has 1 unspecified atom stereocenters. The van der Waals surface area contributed by atoms with Gasteiger partial charge >= 0.3 is 11.9 Å². The zero-order chi connectivity index (χ0) is 26.9. The number of carbonyl (C=O) groups is 3. The van der Waals surface area contributed by atoms with Gasteiger partial charge in [-0.05, 0) is 41.7 Å². The molecule has 8 nitrogen and oxygen atoms in total. The molecule has 38 heavy (non-hydrogen) atoms. The molecule has 2 aromatic rings. The number of hydrazone groups is 1. The highest BCUT2D eigenvalue weighted by molar-refractivity contribution is 6.07. The van der Waals surface area contributed by atoms with Gasteiger partial charge in [0.2, 0.25) is 5.41 Å². The first-order valence-corrected chi connectivity index (χ1v) is 13.2. The molecule has 3 atom stereocenters. The first-order valence-electron chi connectivity index (χ1n) is 13.2. The summed E-state index contributed by atoms with van der Waals surface area (Å²) in [5, 5.41) is 6.37. The van der Waals surface area contributed by atoms with Crippen LogP contribution in [-0.4, -0.2) is 47.9 Å². The molecule has 3 aliphatic heterocycles. The molecule has 2 saturated heterocycles. The fourth-order valence-corrected chi connectivity index (χ4v) is 6.65. The smallest absolute Gasteiger partial charge is 0.330 e. The predicted octanol–water partition coefficient (Wildman–Crippen LogP) is 4.52. The van der Waals surface area contributed by atoms with Gasteiger partial charge in [-0.3, -0.25) is 19.4 Å². The number of ketones is 1. The second-order valence-corrected chi connectivity index (χ2v) is 11.7. The van der Waals surface area contributed by atoms with Crippen molar-refractivity contribution >= 4 is 23.9 Å². The monoisotopic (exact) mass is 516 g/mol. The first kappa shape index (κ1) is 24.6. The summed E-state index contributed by atoms with van der Waals surface area (Å²) in [4.78, 5) is 43.1. The zero-order valence-corrected chi connectivity index (χ0v) is 22.1. The van der Waals surface area contributed by atoms with E-state index in [4.69, 9.17) is 19.3 Å². The molecule has 0 aromatic heterocycles. The lowest BCUT2D eigenvalue weighted by Gasteiger charge is -2.45. The quantitative estimate of drug-likeness (QED) is 0.437. The molecular weight excluding hydrogens is 484 g/mol. The van der Waals surface area contributed by atoms with Gasteiger partial charge in [-0.15, -0.1) is 0 Å². The molecule has 0 radical (unpaired) electrons. The summed E-state index contributed by atoms with van der Waals surface area (Å²) in [5.74, 6) is -2.94. The Morgan fingerprint density at radius 1 is 1.00 bits per heavy atom. The second kappa shape index (κ2) is 8.41. The van der Waals surface area contributed by atoms with Gasteiger partial charge in [-0.2, -0.15) is 5.10 Å². The van der Waals surface area contributed by atoms with E-state index in [0.717, 1.165) is 24.0 Å². The Labute approximate surface area is 221 Å². The maximum atomic E-state index is 14.4. The van der Waals surface area contributed by atoms with Crippen molar-refractivity contribution in [2.45, 2.75) is 70.2 Å². The molecule has 1 saturated carbocycles.